The van der Waals surface area contributed by atoms with Gasteiger partial charge in [0.1, 0.15) is 5.70 Å². The molecule has 1 amide bonds. The van der Waals surface area contributed by atoms with Gasteiger partial charge in [0.15, 0.2) is 0 Å². The average molecular weight is 233 g/mol. The van der Waals surface area contributed by atoms with Gasteiger partial charge in [0.25, 0.3) is 0 Å². The Kier molecular flexibility index (Phi) is 4.46. The lowest BCUT2D eigenvalue weighted by atomic mass is 10.2. The molecule has 0 aliphatic carbocycles. The topological polar surface area (TPSA) is 57.6 Å². The van der Waals surface area contributed by atoms with E-state index in [0.29, 0.717) is 6.54 Å². The first-order valence-corrected chi connectivity index (χ1v) is 5.34. The molecule has 1 rings (SSSR count). The largest absolute Gasteiger partial charge is 0.477 e. The van der Waals surface area contributed by atoms with E-state index >= 15 is 0 Å². The SMILES string of the molecule is CCN(C(C)=O)/C(=C\c1ccccc1)C(=O)O. The Bertz CT molecular complexity index is 437. The van der Waals surface area contributed by atoms with Crippen molar-refractivity contribution in [2.45, 2.75) is 13.8 Å². The minimum atomic E-state index is -1.11. The molecule has 0 spiro atoms. The Morgan fingerprint density at radius 2 is 1.88 bits per heavy atom. The Balaban J connectivity index is 3.13. The fourth-order valence-electron chi connectivity index (χ4n) is 1.52. The van der Waals surface area contributed by atoms with Crippen molar-refractivity contribution in [3.8, 4) is 0 Å². The minimum absolute atomic E-state index is 0.00815. The Hall–Kier alpha value is -2.10. The zero-order valence-electron chi connectivity index (χ0n) is 9.88. The molecule has 4 nitrogen and oxygen atoms in total. The predicted molar refractivity (Wildman–Crippen MR) is 65.1 cm³/mol. The monoisotopic (exact) mass is 233 g/mol. The molecule has 0 unspecified atom stereocenters. The first-order chi connectivity index (χ1) is 8.06. The highest BCUT2D eigenvalue weighted by Gasteiger charge is 2.18. The van der Waals surface area contributed by atoms with Crippen molar-refractivity contribution < 1.29 is 14.7 Å². The van der Waals surface area contributed by atoms with Crippen LogP contribution in [0.1, 0.15) is 19.4 Å². The molecule has 1 aromatic carbocycles. The van der Waals surface area contributed by atoms with Crippen molar-refractivity contribution >= 4 is 18.0 Å². The van der Waals surface area contributed by atoms with Gasteiger partial charge in [0, 0.05) is 13.5 Å². The summed E-state index contributed by atoms with van der Waals surface area (Å²) in [5.74, 6) is -1.39. The minimum Gasteiger partial charge on any atom is -0.477 e. The highest BCUT2D eigenvalue weighted by molar-refractivity contribution is 5.96. The molecule has 0 heterocycles. The fourth-order valence-corrected chi connectivity index (χ4v) is 1.52. The van der Waals surface area contributed by atoms with E-state index in [4.69, 9.17) is 5.11 Å². The van der Waals surface area contributed by atoms with E-state index in [1.807, 2.05) is 18.2 Å². The molecule has 1 aromatic rings. The second kappa shape index (κ2) is 5.84. The normalized spacial score (nSPS) is 11.1. The number of benzene rings is 1. The van der Waals surface area contributed by atoms with Gasteiger partial charge in [0.05, 0.1) is 0 Å². The van der Waals surface area contributed by atoms with Gasteiger partial charge in [-0.05, 0) is 18.6 Å². The molecular formula is C13H15NO3. The summed E-state index contributed by atoms with van der Waals surface area (Å²) in [5, 5.41) is 9.12. The van der Waals surface area contributed by atoms with Gasteiger partial charge < -0.3 is 10.0 Å². The third-order valence-electron chi connectivity index (χ3n) is 2.31. The second-order valence-electron chi connectivity index (χ2n) is 3.51. The summed E-state index contributed by atoms with van der Waals surface area (Å²) in [6.07, 6.45) is 1.49. The molecule has 17 heavy (non-hydrogen) atoms. The number of hydrogen-bond donors (Lipinski definition) is 1. The summed E-state index contributed by atoms with van der Waals surface area (Å²) in [7, 11) is 0. The predicted octanol–water partition coefficient (Wildman–Crippen LogP) is 1.98. The molecule has 0 bridgehead atoms. The van der Waals surface area contributed by atoms with Crippen LogP contribution in [0.3, 0.4) is 0 Å². The molecule has 0 radical (unpaired) electrons. The van der Waals surface area contributed by atoms with E-state index in [2.05, 4.69) is 0 Å². The number of carbonyl (C=O) groups is 2. The average Bonchev–Trinajstić information content (AvgIpc) is 2.29. The highest BCUT2D eigenvalue weighted by atomic mass is 16.4. The maximum Gasteiger partial charge on any atom is 0.352 e. The van der Waals surface area contributed by atoms with Gasteiger partial charge in [-0.2, -0.15) is 0 Å². The van der Waals surface area contributed by atoms with Crippen molar-refractivity contribution in [3.63, 3.8) is 0 Å². The van der Waals surface area contributed by atoms with Crippen LogP contribution in [-0.4, -0.2) is 28.4 Å². The molecule has 90 valence electrons. The van der Waals surface area contributed by atoms with Crippen molar-refractivity contribution in [2.24, 2.45) is 0 Å². The van der Waals surface area contributed by atoms with Crippen LogP contribution in [0, 0.1) is 0 Å². The number of rotatable bonds is 4. The summed E-state index contributed by atoms with van der Waals surface area (Å²) in [5.41, 5.74) is 0.746. The zero-order valence-corrected chi connectivity index (χ0v) is 9.88. The van der Waals surface area contributed by atoms with E-state index in [9.17, 15) is 9.59 Å². The lowest BCUT2D eigenvalue weighted by Crippen LogP contribution is -2.31. The standard InChI is InChI=1S/C13H15NO3/c1-3-14(10(2)15)12(13(16)17)9-11-7-5-4-6-8-11/h4-9H,3H2,1-2H3,(H,16,17)/b12-9-. The number of amides is 1. The van der Waals surface area contributed by atoms with Crippen LogP contribution in [0.15, 0.2) is 36.0 Å². The number of carbonyl (C=O) groups excluding carboxylic acids is 1. The Labute approximate surface area is 100 Å². The van der Waals surface area contributed by atoms with Crippen molar-refractivity contribution in [1.82, 2.24) is 4.90 Å². The number of carboxylic acids is 1. The van der Waals surface area contributed by atoms with Gasteiger partial charge in [-0.25, -0.2) is 4.79 Å². The molecule has 0 aliphatic heterocycles. The molecule has 0 saturated carbocycles. The lowest BCUT2D eigenvalue weighted by molar-refractivity contribution is -0.138. The summed E-state index contributed by atoms with van der Waals surface area (Å²) in [6, 6.07) is 9.05. The van der Waals surface area contributed by atoms with E-state index in [1.54, 1.807) is 19.1 Å². The first kappa shape index (κ1) is 13.0. The van der Waals surface area contributed by atoms with E-state index in [0.717, 1.165) is 5.56 Å². The van der Waals surface area contributed by atoms with E-state index in [1.165, 1.54) is 17.9 Å². The van der Waals surface area contributed by atoms with Gasteiger partial charge in [-0.15, -0.1) is 0 Å². The van der Waals surface area contributed by atoms with Crippen molar-refractivity contribution in [1.29, 1.82) is 0 Å². The summed E-state index contributed by atoms with van der Waals surface area (Å²) < 4.78 is 0. The molecule has 0 atom stereocenters. The maximum absolute atomic E-state index is 11.3. The van der Waals surface area contributed by atoms with Crippen LogP contribution in [0.2, 0.25) is 0 Å². The molecule has 0 aliphatic rings. The number of nitrogens with zero attached hydrogens (tertiary/aromatic N) is 1. The van der Waals surface area contributed by atoms with Crippen LogP contribution in [0.4, 0.5) is 0 Å². The van der Waals surface area contributed by atoms with Crippen LogP contribution < -0.4 is 0 Å². The summed E-state index contributed by atoms with van der Waals surface area (Å²) >= 11 is 0. The van der Waals surface area contributed by atoms with Crippen LogP contribution in [0.5, 0.6) is 0 Å². The Morgan fingerprint density at radius 3 is 2.29 bits per heavy atom. The maximum atomic E-state index is 11.3. The van der Waals surface area contributed by atoms with Gasteiger partial charge in [-0.1, -0.05) is 30.3 Å². The lowest BCUT2D eigenvalue weighted by Gasteiger charge is -2.19. The molecule has 0 saturated heterocycles. The smallest absolute Gasteiger partial charge is 0.352 e. The second-order valence-corrected chi connectivity index (χ2v) is 3.51. The van der Waals surface area contributed by atoms with E-state index < -0.39 is 5.97 Å². The number of likely N-dealkylation sites (N-methyl/N-ethyl adjacent to an activating group) is 1. The number of carboxylic acid groups (broad SMARTS) is 1. The molecular weight excluding hydrogens is 218 g/mol. The van der Waals surface area contributed by atoms with E-state index in [-0.39, 0.29) is 11.6 Å². The molecule has 1 N–H and O–H groups in total. The third kappa shape index (κ3) is 3.45. The van der Waals surface area contributed by atoms with Crippen LogP contribution >= 0.6 is 0 Å². The summed E-state index contributed by atoms with van der Waals surface area (Å²) in [6.45, 7) is 3.43. The zero-order chi connectivity index (χ0) is 12.8. The van der Waals surface area contributed by atoms with Crippen molar-refractivity contribution in [3.05, 3.63) is 41.6 Å². The van der Waals surface area contributed by atoms with Gasteiger partial charge >= 0.3 is 5.97 Å². The van der Waals surface area contributed by atoms with Gasteiger partial charge in [-0.3, -0.25) is 4.79 Å². The van der Waals surface area contributed by atoms with Crippen LogP contribution in [-0.2, 0) is 9.59 Å². The third-order valence-corrected chi connectivity index (χ3v) is 2.31. The Morgan fingerprint density at radius 1 is 1.29 bits per heavy atom. The number of hydrogen-bond acceptors (Lipinski definition) is 2. The van der Waals surface area contributed by atoms with Crippen molar-refractivity contribution in [2.75, 3.05) is 6.54 Å². The molecule has 0 aromatic heterocycles. The molecule has 4 heteroatoms. The summed E-state index contributed by atoms with van der Waals surface area (Å²) in [4.78, 5) is 23.7. The highest BCUT2D eigenvalue weighted by Crippen LogP contribution is 2.11. The fraction of sp³-hybridized carbons (Fsp3) is 0.231. The van der Waals surface area contributed by atoms with Crippen LogP contribution in [0.25, 0.3) is 6.08 Å². The first-order valence-electron chi connectivity index (χ1n) is 5.34. The molecule has 0 fully saturated rings. The quantitative estimate of drug-likeness (QED) is 0.809. The number of aliphatic carboxylic acids is 1. The van der Waals surface area contributed by atoms with Gasteiger partial charge in [0.2, 0.25) is 5.91 Å².